The fourth-order valence-corrected chi connectivity index (χ4v) is 7.71. The molecule has 0 aliphatic carbocycles. The van der Waals surface area contributed by atoms with Crippen LogP contribution in [0, 0.1) is 48.8 Å². The van der Waals surface area contributed by atoms with E-state index < -0.39 is 59.2 Å². The van der Waals surface area contributed by atoms with Crippen LogP contribution in [0.3, 0.4) is 0 Å². The molecule has 0 saturated carbocycles. The normalized spacial score (nSPS) is 11.1. The number of carboxylic acids is 1. The Morgan fingerprint density at radius 3 is 1.60 bits per heavy atom. The van der Waals surface area contributed by atoms with Gasteiger partial charge in [0.15, 0.2) is 17.2 Å². The number of aromatic amines is 1. The van der Waals surface area contributed by atoms with E-state index in [0.717, 1.165) is 24.3 Å². The first-order valence-corrected chi connectivity index (χ1v) is 24.5. The van der Waals surface area contributed by atoms with E-state index in [2.05, 4.69) is 117 Å². The van der Waals surface area contributed by atoms with E-state index in [4.69, 9.17) is 30.7 Å². The number of imidazole rings is 2. The first kappa shape index (κ1) is 66.4. The van der Waals surface area contributed by atoms with Gasteiger partial charge in [0, 0.05) is 70.4 Å². The predicted molar refractivity (Wildman–Crippen MR) is 287 cm³/mol. The number of H-pyrrole nitrogens is 1. The van der Waals surface area contributed by atoms with Gasteiger partial charge < -0.3 is 65.0 Å². The zero-order chi connectivity index (χ0) is 58.6. The van der Waals surface area contributed by atoms with E-state index in [1.54, 1.807) is 60.7 Å². The zero-order valence-corrected chi connectivity index (χ0v) is 46.1. The number of fused-ring (bicyclic) bond motifs is 3. The minimum absolute atomic E-state index is 0. The molecule has 0 aliphatic rings. The number of rotatable bonds is 16. The van der Waals surface area contributed by atoms with Crippen LogP contribution in [0.4, 0.5) is 40.7 Å². The van der Waals surface area contributed by atoms with Gasteiger partial charge in [0.2, 0.25) is 5.82 Å². The second-order valence-corrected chi connectivity index (χ2v) is 17.9. The van der Waals surface area contributed by atoms with Gasteiger partial charge in [-0.2, -0.15) is 37.6 Å². The van der Waals surface area contributed by atoms with Gasteiger partial charge in [0.1, 0.15) is 63.2 Å². The summed E-state index contributed by atoms with van der Waals surface area (Å²) in [7, 11) is -9.56. The van der Waals surface area contributed by atoms with E-state index in [1.807, 2.05) is 11.2 Å². The molecule has 0 amide bonds. The molecule has 0 saturated heterocycles. The second kappa shape index (κ2) is 29.1. The smallest absolute Gasteiger partial charge is 0.373 e. The van der Waals surface area contributed by atoms with Crippen LogP contribution in [0.15, 0.2) is 130 Å². The van der Waals surface area contributed by atoms with Crippen molar-refractivity contribution in [3.8, 4) is 47.0 Å². The molecule has 0 spiro atoms. The molecule has 9 rings (SSSR count). The Morgan fingerprint density at radius 1 is 0.631 bits per heavy atom. The van der Waals surface area contributed by atoms with Crippen LogP contribution in [0.25, 0.3) is 32.3 Å². The number of benzene rings is 6. The molecule has 436 valence electrons. The molecule has 84 heavy (non-hydrogen) atoms. The summed E-state index contributed by atoms with van der Waals surface area (Å²) in [5.74, 6) is -3.31. The van der Waals surface area contributed by atoms with Crippen molar-refractivity contribution in [3.63, 3.8) is 0 Å². The number of nitriles is 3. The van der Waals surface area contributed by atoms with Gasteiger partial charge in [-0.05, 0) is 99.7 Å². The number of aromatic carboxylic acids is 1. The van der Waals surface area contributed by atoms with Crippen molar-refractivity contribution in [3.05, 3.63) is 123 Å². The quantitative estimate of drug-likeness (QED) is 0.00501. The predicted octanol–water partition coefficient (Wildman–Crippen LogP) is 8.92. The van der Waals surface area contributed by atoms with Gasteiger partial charge in [0.25, 0.3) is 26.2 Å². The Labute approximate surface area is 491 Å². The van der Waals surface area contributed by atoms with Gasteiger partial charge in [0.05, 0.1) is 16.3 Å². The Kier molecular flexibility index (Phi) is 23.0. The fraction of sp³-hybridized carbons (Fsp3) is 0. The largest absolute Gasteiger partial charge is 0.506 e. The molecule has 34 nitrogen and oxygen atoms in total. The number of nitrogens with zero attached hydrogens (tertiary/aromatic N) is 16. The number of aliphatic imine (C=N–C) groups is 1. The summed E-state index contributed by atoms with van der Waals surface area (Å²) in [4.78, 5) is 41.2. The van der Waals surface area contributed by atoms with Crippen LogP contribution in [0.5, 0.6) is 28.7 Å². The summed E-state index contributed by atoms with van der Waals surface area (Å²) in [6.45, 7) is 3.30. The van der Waals surface area contributed by atoms with Crippen LogP contribution >= 0.6 is 25.8 Å². The molecule has 0 atom stereocenters. The van der Waals surface area contributed by atoms with Crippen molar-refractivity contribution in [1.29, 1.82) is 15.8 Å². The monoisotopic (exact) mass is 1270 g/mol. The molecule has 7 N–H and O–H groups in total. The minimum Gasteiger partial charge on any atom is -0.506 e. The second-order valence-electron chi connectivity index (χ2n) is 14.8. The van der Waals surface area contributed by atoms with Crippen molar-refractivity contribution < 1.29 is 96.2 Å². The summed E-state index contributed by atoms with van der Waals surface area (Å²) >= 11 is 6.77. The SMILES string of the molecule is C=Nc1nc(N=Nc2c(O)ccc3cc(OOOS)ccc23)[n-]c1C#N.N#Cc1nc(N=Nc2c(O)ccc3cc(OOOS)ccc23)[n-]c1C#N.O=C(O)c1nc(N=Nc2c(O)c(S(=O)(=O)O)cc3ccc(S(=O)(=O)O)cc23)n[nH]1.[CH3-].[CH3-].[Ni]. The maximum atomic E-state index is 11.5. The molecular weight excluding hydrogens is 1240 g/mol. The summed E-state index contributed by atoms with van der Waals surface area (Å²) in [6, 6.07) is 24.9. The number of phenols is 3. The number of hydrogen-bond acceptors (Lipinski definition) is 30. The van der Waals surface area contributed by atoms with Gasteiger partial charge in [-0.25, -0.2) is 15.0 Å². The van der Waals surface area contributed by atoms with Crippen molar-refractivity contribution in [2.24, 2.45) is 35.7 Å². The molecule has 0 bridgehead atoms. The number of azo groups is 3. The first-order chi connectivity index (χ1) is 38.7. The molecule has 3 aromatic heterocycles. The number of thiol groups is 2. The zero-order valence-electron chi connectivity index (χ0n) is 41.6. The maximum absolute atomic E-state index is 11.5. The molecule has 0 unspecified atom stereocenters. The third-order valence-electron chi connectivity index (χ3n) is 9.94. The number of aromatic nitrogens is 7. The summed E-state index contributed by atoms with van der Waals surface area (Å²) in [5.41, 5.74) is -0.556. The third-order valence-corrected chi connectivity index (χ3v) is 11.8. The molecule has 0 aliphatic heterocycles. The van der Waals surface area contributed by atoms with E-state index in [0.29, 0.717) is 33.0 Å². The van der Waals surface area contributed by atoms with Gasteiger partial charge in [-0.1, -0.05) is 18.2 Å². The van der Waals surface area contributed by atoms with Crippen molar-refractivity contribution in [2.75, 3.05) is 0 Å². The van der Waals surface area contributed by atoms with E-state index in [-0.39, 0.29) is 99.8 Å². The molecule has 39 heteroatoms. The average molecular weight is 1270 g/mol. The topological polar surface area (TPSA) is 516 Å². The van der Waals surface area contributed by atoms with Gasteiger partial charge in [-0.15, -0.1) is 24.0 Å². The standard InChI is InChI=1S/C15H9N6O4S.C15H7N6O4S.C13H9N5O9S2.2CH3.Ni/c1-17-14-11(7-16)18-15(19-14)21-20-13-10-4-3-9(23-24-25-26)6-8(10)2-5-12(13)22;16-6-11-12(7-17)19-15(18-11)21-20-14-10-3-2-9(23-24-25-26)5-8(10)1-4-13(14)22;19-10-8(29(25,26)27)3-5-1-2-6(28(22,23)24)4-7(5)9(10)15-17-13-14-11(12(20)21)16-18-13;;;/h2-6H,1H2,(H2-,18,19,20,21,22,26);1-5H,(H2-,18,19,20,21,22,26);1-4,19H,(H,20,21)(H,14,16,18)(H,22,23,24)(H,25,26,27);2*1H3;/q2*-1;;2*-1;. The first-order valence-electron chi connectivity index (χ1n) is 20.9. The van der Waals surface area contributed by atoms with Crippen molar-refractivity contribution >= 4 is 132 Å². The Hall–Kier alpha value is -10.1. The van der Waals surface area contributed by atoms with E-state index in [1.165, 1.54) is 12.1 Å². The number of aromatic hydroxyl groups is 3. The molecule has 9 aromatic rings. The average Bonchev–Trinajstić information content (AvgIpc) is 2.75. The van der Waals surface area contributed by atoms with Gasteiger partial charge in [-0.3, -0.25) is 29.4 Å². The molecule has 6 aromatic carbocycles. The summed E-state index contributed by atoms with van der Waals surface area (Å²) in [5, 5.41) is 105. The van der Waals surface area contributed by atoms with Crippen LogP contribution in [-0.4, -0.2) is 84.2 Å². The van der Waals surface area contributed by atoms with Crippen LogP contribution in [-0.2, 0) is 55.5 Å². The van der Waals surface area contributed by atoms with Crippen molar-refractivity contribution in [2.45, 2.75) is 9.79 Å². The summed E-state index contributed by atoms with van der Waals surface area (Å²) in [6.07, 6.45) is 0. The van der Waals surface area contributed by atoms with Gasteiger partial charge >= 0.3 is 5.97 Å². The number of carbonyl (C=O) groups is 1. The molecule has 0 fully saturated rings. The summed E-state index contributed by atoms with van der Waals surface area (Å²) < 4.78 is 72.4. The minimum atomic E-state index is -4.91. The van der Waals surface area contributed by atoms with Crippen LogP contribution in [0.2, 0.25) is 0 Å². The molecular formula is C45H31N17NiO17S4-4. The molecule has 0 radical (unpaired) electrons. The molecule has 3 heterocycles. The number of carboxylic acid groups (broad SMARTS) is 1. The van der Waals surface area contributed by atoms with E-state index >= 15 is 0 Å². The van der Waals surface area contributed by atoms with Crippen LogP contribution < -0.4 is 19.7 Å². The Balaban J connectivity index is 0.000000266. The number of nitrogens with one attached hydrogen (secondary N) is 1. The van der Waals surface area contributed by atoms with Crippen molar-refractivity contribution in [1.82, 2.24) is 35.1 Å². The maximum Gasteiger partial charge on any atom is 0.373 e. The Bertz CT molecular complexity index is 4380. The number of hydrogen-bond donors (Lipinski definition) is 9. The fourth-order valence-electron chi connectivity index (χ4n) is 6.52. The van der Waals surface area contributed by atoms with Crippen LogP contribution in [0.1, 0.15) is 27.7 Å². The third kappa shape index (κ3) is 15.9. The Morgan fingerprint density at radius 2 is 1.14 bits per heavy atom. The van der Waals surface area contributed by atoms with E-state index in [9.17, 15) is 46.1 Å². The number of phenolic OH excluding ortho intramolecular Hbond substituents is 3.